The van der Waals surface area contributed by atoms with E-state index in [1.807, 2.05) is 91.0 Å². The van der Waals surface area contributed by atoms with Crippen LogP contribution in [-0.4, -0.2) is 31.2 Å². The van der Waals surface area contributed by atoms with Crippen molar-refractivity contribution in [3.8, 4) is 0 Å². The van der Waals surface area contributed by atoms with E-state index in [1.54, 1.807) is 0 Å². The molecule has 31 heavy (non-hydrogen) atoms. The summed E-state index contributed by atoms with van der Waals surface area (Å²) in [6, 6.07) is 30.1. The van der Waals surface area contributed by atoms with Gasteiger partial charge in [0.1, 0.15) is 18.3 Å². The van der Waals surface area contributed by atoms with Crippen molar-refractivity contribution in [1.82, 2.24) is 0 Å². The fraction of sp³-hybridized carbons (Fsp3) is 0.308. The van der Waals surface area contributed by atoms with E-state index < -0.39 is 18.7 Å². The molecule has 2 fully saturated rings. The summed E-state index contributed by atoms with van der Waals surface area (Å²) in [7, 11) is 0. The Hall–Kier alpha value is -2.54. The van der Waals surface area contributed by atoms with Gasteiger partial charge in [0.2, 0.25) is 0 Å². The lowest BCUT2D eigenvalue weighted by Gasteiger charge is -2.37. The molecule has 0 amide bonds. The fourth-order valence-corrected chi connectivity index (χ4v) is 3.96. The normalized spacial score (nSPS) is 27.7. The lowest BCUT2D eigenvalue weighted by molar-refractivity contribution is -0.269. The van der Waals surface area contributed by atoms with Crippen LogP contribution in [0.2, 0.25) is 0 Å². The molecule has 160 valence electrons. The molecule has 0 aromatic heterocycles. The summed E-state index contributed by atoms with van der Waals surface area (Å²) in [4.78, 5) is 0. The predicted octanol–water partition coefficient (Wildman–Crippen LogP) is 4.63. The Morgan fingerprint density at radius 1 is 0.677 bits per heavy atom. The minimum Gasteiger partial charge on any atom is -0.365 e. The lowest BCUT2D eigenvalue weighted by Crippen LogP contribution is -2.53. The highest BCUT2D eigenvalue weighted by Gasteiger charge is 2.49. The molecule has 2 aliphatic heterocycles. The van der Waals surface area contributed by atoms with Gasteiger partial charge in [-0.15, -0.1) is 0 Å². The number of rotatable bonds is 7. The van der Waals surface area contributed by atoms with Crippen LogP contribution < -0.4 is 0 Å². The van der Waals surface area contributed by atoms with E-state index in [9.17, 15) is 0 Å². The van der Waals surface area contributed by atoms with Crippen molar-refractivity contribution >= 4 is 0 Å². The molecule has 2 saturated heterocycles. The van der Waals surface area contributed by atoms with Crippen molar-refractivity contribution in [2.45, 2.75) is 44.1 Å². The van der Waals surface area contributed by atoms with Crippen molar-refractivity contribution in [1.29, 1.82) is 0 Å². The summed E-state index contributed by atoms with van der Waals surface area (Å²) in [6.07, 6.45) is -1.86. The van der Waals surface area contributed by atoms with E-state index in [1.165, 1.54) is 0 Å². The Labute approximate surface area is 182 Å². The summed E-state index contributed by atoms with van der Waals surface area (Å²) in [5, 5.41) is 0. The van der Waals surface area contributed by atoms with Crippen LogP contribution >= 0.6 is 0 Å². The maximum atomic E-state index is 6.33. The summed E-state index contributed by atoms with van der Waals surface area (Å²) >= 11 is 0. The van der Waals surface area contributed by atoms with Crippen molar-refractivity contribution in [2.75, 3.05) is 6.61 Å². The topological polar surface area (TPSA) is 46.2 Å². The van der Waals surface area contributed by atoms with Crippen LogP contribution in [0.25, 0.3) is 0 Å². The second-order valence-corrected chi connectivity index (χ2v) is 7.78. The van der Waals surface area contributed by atoms with E-state index in [0.717, 1.165) is 16.7 Å². The molecule has 5 nitrogen and oxygen atoms in total. The van der Waals surface area contributed by atoms with Crippen LogP contribution in [0.15, 0.2) is 91.0 Å². The first-order valence-electron chi connectivity index (χ1n) is 10.7. The van der Waals surface area contributed by atoms with Gasteiger partial charge in [-0.3, -0.25) is 0 Å². The SMILES string of the molecule is c1ccc(CO[C@H]2OC[C@@H]3O[C@@H](c4ccccc4)O[C@@H]3[C@H]2OCc2ccccc2)cc1. The number of ether oxygens (including phenoxy) is 5. The van der Waals surface area contributed by atoms with Gasteiger partial charge in [-0.25, -0.2) is 0 Å². The third kappa shape index (κ3) is 4.87. The molecule has 0 bridgehead atoms. The molecule has 0 unspecified atom stereocenters. The quantitative estimate of drug-likeness (QED) is 0.560. The highest BCUT2D eigenvalue weighted by Crippen LogP contribution is 2.38. The van der Waals surface area contributed by atoms with Crippen LogP contribution in [0.1, 0.15) is 23.0 Å². The second-order valence-electron chi connectivity index (χ2n) is 7.78. The van der Waals surface area contributed by atoms with E-state index >= 15 is 0 Å². The summed E-state index contributed by atoms with van der Waals surface area (Å²) in [5.74, 6) is 0. The summed E-state index contributed by atoms with van der Waals surface area (Å²) < 4.78 is 31.0. The molecule has 5 rings (SSSR count). The Bertz CT molecular complexity index is 934. The first-order chi connectivity index (χ1) is 15.4. The van der Waals surface area contributed by atoms with Crippen LogP contribution in [0, 0.1) is 0 Å². The minimum atomic E-state index is -0.539. The van der Waals surface area contributed by atoms with E-state index in [4.69, 9.17) is 23.7 Å². The molecular weight excluding hydrogens is 392 g/mol. The highest BCUT2D eigenvalue weighted by atomic mass is 16.8. The van der Waals surface area contributed by atoms with Crippen LogP contribution in [0.4, 0.5) is 0 Å². The van der Waals surface area contributed by atoms with E-state index in [0.29, 0.717) is 19.8 Å². The number of benzene rings is 3. The van der Waals surface area contributed by atoms with Gasteiger partial charge < -0.3 is 23.7 Å². The third-order valence-corrected chi connectivity index (χ3v) is 5.58. The standard InChI is InChI=1S/C26H26O5/c1-4-10-19(11-5-1)16-27-24-23-22(30-25(31-23)21-14-8-3-9-15-21)18-29-26(24)28-17-20-12-6-2-7-13-20/h1-15,22-26H,16-18H2/t22-,23-,24+,25+,26-/m0/s1. The Morgan fingerprint density at radius 2 is 1.26 bits per heavy atom. The number of hydrogen-bond acceptors (Lipinski definition) is 5. The zero-order chi connectivity index (χ0) is 20.9. The second kappa shape index (κ2) is 9.73. The van der Waals surface area contributed by atoms with Crippen LogP contribution in [0.5, 0.6) is 0 Å². The molecular formula is C26H26O5. The van der Waals surface area contributed by atoms with Gasteiger partial charge in [0.15, 0.2) is 12.6 Å². The van der Waals surface area contributed by atoms with Gasteiger partial charge in [-0.2, -0.15) is 0 Å². The molecule has 0 spiro atoms. The molecule has 0 aliphatic carbocycles. The van der Waals surface area contributed by atoms with Gasteiger partial charge in [-0.1, -0.05) is 91.0 Å². The molecule has 3 aromatic rings. The first kappa shape index (κ1) is 20.4. The van der Waals surface area contributed by atoms with Gasteiger partial charge in [0, 0.05) is 5.56 Å². The van der Waals surface area contributed by atoms with Gasteiger partial charge in [0.05, 0.1) is 19.8 Å². The largest absolute Gasteiger partial charge is 0.365 e. The smallest absolute Gasteiger partial charge is 0.186 e. The zero-order valence-electron chi connectivity index (χ0n) is 17.2. The molecule has 5 heteroatoms. The molecule has 3 aromatic carbocycles. The minimum absolute atomic E-state index is 0.206. The van der Waals surface area contributed by atoms with E-state index in [2.05, 4.69) is 0 Å². The Morgan fingerprint density at radius 3 is 1.90 bits per heavy atom. The average molecular weight is 418 g/mol. The lowest BCUT2D eigenvalue weighted by atomic mass is 10.1. The van der Waals surface area contributed by atoms with Crippen molar-refractivity contribution in [3.05, 3.63) is 108 Å². The van der Waals surface area contributed by atoms with Crippen molar-refractivity contribution < 1.29 is 23.7 Å². The number of fused-ring (bicyclic) bond motifs is 1. The summed E-state index contributed by atoms with van der Waals surface area (Å²) in [6.45, 7) is 1.29. The molecule has 5 atom stereocenters. The molecule has 0 N–H and O–H groups in total. The Kier molecular flexibility index (Phi) is 6.39. The van der Waals surface area contributed by atoms with Crippen molar-refractivity contribution in [2.24, 2.45) is 0 Å². The van der Waals surface area contributed by atoms with Gasteiger partial charge >= 0.3 is 0 Å². The average Bonchev–Trinajstić information content (AvgIpc) is 3.28. The summed E-state index contributed by atoms with van der Waals surface area (Å²) in [5.41, 5.74) is 3.16. The van der Waals surface area contributed by atoms with Crippen molar-refractivity contribution in [3.63, 3.8) is 0 Å². The van der Waals surface area contributed by atoms with E-state index in [-0.39, 0.29) is 12.2 Å². The zero-order valence-corrected chi connectivity index (χ0v) is 17.2. The third-order valence-electron chi connectivity index (χ3n) is 5.58. The van der Waals surface area contributed by atoms with Crippen LogP contribution in [0.3, 0.4) is 0 Å². The highest BCUT2D eigenvalue weighted by molar-refractivity contribution is 5.18. The predicted molar refractivity (Wildman–Crippen MR) is 115 cm³/mol. The van der Waals surface area contributed by atoms with Crippen LogP contribution in [-0.2, 0) is 36.9 Å². The first-order valence-corrected chi connectivity index (χ1v) is 10.7. The Balaban J connectivity index is 1.31. The fourth-order valence-electron chi connectivity index (χ4n) is 3.96. The maximum Gasteiger partial charge on any atom is 0.186 e. The molecule has 0 radical (unpaired) electrons. The van der Waals surface area contributed by atoms with Gasteiger partial charge in [-0.05, 0) is 11.1 Å². The van der Waals surface area contributed by atoms with Gasteiger partial charge in [0.25, 0.3) is 0 Å². The number of hydrogen-bond donors (Lipinski definition) is 0. The molecule has 2 heterocycles. The molecule has 2 aliphatic rings. The monoisotopic (exact) mass is 418 g/mol. The molecule has 0 saturated carbocycles. The maximum absolute atomic E-state index is 6.33.